The summed E-state index contributed by atoms with van der Waals surface area (Å²) in [5.41, 5.74) is 0.591. The second-order valence-electron chi connectivity index (χ2n) is 8.26. The van der Waals surface area contributed by atoms with Gasteiger partial charge in [-0.1, -0.05) is 37.1 Å². The van der Waals surface area contributed by atoms with Crippen molar-refractivity contribution in [2.24, 2.45) is 0 Å². The Kier molecular flexibility index (Phi) is 10.9. The molecule has 0 spiro atoms. The molecule has 7 heteroatoms. The van der Waals surface area contributed by atoms with Crippen LogP contribution in [0.2, 0.25) is 0 Å². The van der Waals surface area contributed by atoms with Crippen LogP contribution in [0.1, 0.15) is 51.4 Å². The molecule has 0 bridgehead atoms. The van der Waals surface area contributed by atoms with Crippen molar-refractivity contribution in [1.82, 2.24) is 9.21 Å². The second kappa shape index (κ2) is 13.1. The lowest BCUT2D eigenvalue weighted by atomic mass is 9.93. The van der Waals surface area contributed by atoms with Crippen LogP contribution < -0.4 is 4.72 Å². The largest absolute Gasteiger partial charge is 0.378 e. The van der Waals surface area contributed by atoms with Crippen LogP contribution in [-0.4, -0.2) is 63.6 Å². The van der Waals surface area contributed by atoms with Gasteiger partial charge in [-0.2, -0.15) is 12.7 Å². The number of hydrogen-bond donors (Lipinski definition) is 1. The topological polar surface area (TPSA) is 61.9 Å². The Hall–Kier alpha value is -1.41. The van der Waals surface area contributed by atoms with Crippen LogP contribution in [-0.2, 0) is 14.9 Å². The van der Waals surface area contributed by atoms with E-state index in [1.165, 1.54) is 23.6 Å². The maximum atomic E-state index is 12.6. The third-order valence-corrected chi connectivity index (χ3v) is 7.34. The maximum Gasteiger partial charge on any atom is 0.301 e. The summed E-state index contributed by atoms with van der Waals surface area (Å²) in [6, 6.07) is 9.05. The van der Waals surface area contributed by atoms with Gasteiger partial charge < -0.3 is 9.64 Å². The molecule has 1 N–H and O–H groups in total. The Balaban J connectivity index is 1.60. The van der Waals surface area contributed by atoms with E-state index >= 15 is 0 Å². The van der Waals surface area contributed by atoms with Gasteiger partial charge in [0.1, 0.15) is 0 Å². The Morgan fingerprint density at radius 2 is 1.73 bits per heavy atom. The van der Waals surface area contributed by atoms with E-state index in [1.807, 2.05) is 24.3 Å². The van der Waals surface area contributed by atoms with Gasteiger partial charge in [-0.05, 0) is 64.3 Å². The highest BCUT2D eigenvalue weighted by Gasteiger charge is 2.30. The molecular formula is C23H39N3O3S. The number of likely N-dealkylation sites (N-methyl/N-ethyl adjacent to an activating group) is 1. The van der Waals surface area contributed by atoms with Gasteiger partial charge in [-0.3, -0.25) is 4.72 Å². The molecule has 30 heavy (non-hydrogen) atoms. The Morgan fingerprint density at radius 1 is 1.07 bits per heavy atom. The van der Waals surface area contributed by atoms with Gasteiger partial charge in [0.2, 0.25) is 0 Å². The first-order chi connectivity index (χ1) is 14.4. The second-order valence-corrected chi connectivity index (χ2v) is 9.99. The first kappa shape index (κ1) is 24.9. The summed E-state index contributed by atoms with van der Waals surface area (Å²) in [6.07, 6.45) is 10.5. The van der Waals surface area contributed by atoms with Crippen LogP contribution in [0.3, 0.4) is 0 Å². The molecule has 0 amide bonds. The molecule has 0 atom stereocenters. The molecule has 1 aliphatic rings. The molecule has 0 saturated heterocycles. The number of benzene rings is 1. The van der Waals surface area contributed by atoms with Crippen LogP contribution >= 0.6 is 0 Å². The Labute approximate surface area is 183 Å². The molecule has 1 aliphatic carbocycles. The first-order valence-electron chi connectivity index (χ1n) is 11.1. The molecule has 1 fully saturated rings. The monoisotopic (exact) mass is 437 g/mol. The predicted molar refractivity (Wildman–Crippen MR) is 125 cm³/mol. The SMILES string of the molecule is C=CCN(C)CCCCCCO[C@H]1CC[C@H](N(C)S(=O)(=O)Nc2ccccc2)CC1. The van der Waals surface area contributed by atoms with Crippen molar-refractivity contribution in [3.05, 3.63) is 43.0 Å². The zero-order chi connectivity index (χ0) is 21.8. The number of anilines is 1. The lowest BCUT2D eigenvalue weighted by molar-refractivity contribution is 0.0157. The van der Waals surface area contributed by atoms with E-state index in [9.17, 15) is 8.42 Å². The van der Waals surface area contributed by atoms with E-state index in [-0.39, 0.29) is 12.1 Å². The van der Waals surface area contributed by atoms with Crippen LogP contribution in [0.4, 0.5) is 5.69 Å². The molecule has 0 unspecified atom stereocenters. The van der Waals surface area contributed by atoms with Gasteiger partial charge in [-0.15, -0.1) is 6.58 Å². The summed E-state index contributed by atoms with van der Waals surface area (Å²) >= 11 is 0. The van der Waals surface area contributed by atoms with Crippen molar-refractivity contribution < 1.29 is 13.2 Å². The maximum absolute atomic E-state index is 12.6. The quantitative estimate of drug-likeness (QED) is 0.349. The number of nitrogens with zero attached hydrogens (tertiary/aromatic N) is 2. The lowest BCUT2D eigenvalue weighted by Crippen LogP contribution is -2.43. The fraction of sp³-hybridized carbons (Fsp3) is 0.652. The van der Waals surface area contributed by atoms with E-state index in [2.05, 4.69) is 23.2 Å². The van der Waals surface area contributed by atoms with Crippen LogP contribution in [0.15, 0.2) is 43.0 Å². The molecule has 1 aromatic rings. The van der Waals surface area contributed by atoms with E-state index in [0.717, 1.165) is 51.8 Å². The van der Waals surface area contributed by atoms with Crippen molar-refractivity contribution >= 4 is 15.9 Å². The summed E-state index contributed by atoms with van der Waals surface area (Å²) in [5, 5.41) is 0. The summed E-state index contributed by atoms with van der Waals surface area (Å²) in [6.45, 7) is 6.64. The van der Waals surface area contributed by atoms with Crippen molar-refractivity contribution in [2.75, 3.05) is 38.5 Å². The highest BCUT2D eigenvalue weighted by atomic mass is 32.2. The zero-order valence-electron chi connectivity index (χ0n) is 18.6. The van der Waals surface area contributed by atoms with Gasteiger partial charge in [0.25, 0.3) is 0 Å². The molecule has 0 aromatic heterocycles. The number of ether oxygens (including phenoxy) is 1. The minimum absolute atomic E-state index is 0.0265. The average Bonchev–Trinajstić information content (AvgIpc) is 2.73. The summed E-state index contributed by atoms with van der Waals surface area (Å²) in [5.74, 6) is 0. The molecule has 6 nitrogen and oxygen atoms in total. The Bertz CT molecular complexity index is 704. The molecule has 2 rings (SSSR count). The van der Waals surface area contributed by atoms with Crippen LogP contribution in [0.5, 0.6) is 0 Å². The first-order valence-corrected chi connectivity index (χ1v) is 12.6. The van der Waals surface area contributed by atoms with E-state index in [0.29, 0.717) is 5.69 Å². The van der Waals surface area contributed by atoms with E-state index in [4.69, 9.17) is 4.74 Å². The summed E-state index contributed by atoms with van der Waals surface area (Å²) < 4.78 is 35.5. The third kappa shape index (κ3) is 8.76. The van der Waals surface area contributed by atoms with Gasteiger partial charge in [-0.25, -0.2) is 0 Å². The normalized spacial score (nSPS) is 19.9. The highest BCUT2D eigenvalue weighted by Crippen LogP contribution is 2.26. The number of unbranched alkanes of at least 4 members (excludes halogenated alkanes) is 3. The summed E-state index contributed by atoms with van der Waals surface area (Å²) in [7, 11) is 0.260. The van der Waals surface area contributed by atoms with Gasteiger partial charge in [0.05, 0.1) is 6.10 Å². The number of para-hydroxylation sites is 1. The van der Waals surface area contributed by atoms with Crippen molar-refractivity contribution in [1.29, 1.82) is 0 Å². The summed E-state index contributed by atoms with van der Waals surface area (Å²) in [4.78, 5) is 2.29. The molecule has 0 aliphatic heterocycles. The predicted octanol–water partition coefficient (Wildman–Crippen LogP) is 4.28. The van der Waals surface area contributed by atoms with Gasteiger partial charge in [0.15, 0.2) is 0 Å². The number of nitrogens with one attached hydrogen (secondary N) is 1. The minimum atomic E-state index is -3.54. The van der Waals surface area contributed by atoms with Crippen LogP contribution in [0, 0.1) is 0 Å². The number of hydrogen-bond acceptors (Lipinski definition) is 4. The lowest BCUT2D eigenvalue weighted by Gasteiger charge is -2.34. The van der Waals surface area contributed by atoms with Crippen LogP contribution in [0.25, 0.3) is 0 Å². The molecule has 0 heterocycles. The standard InChI is InChI=1S/C23H39N3O3S/c1-4-18-25(2)19-10-5-6-11-20-29-23-16-14-22(15-17-23)26(3)30(27,28)24-21-12-8-7-9-13-21/h4,7-9,12-13,22-24H,1,5-6,10-11,14-20H2,2-3H3/t22-,23-. The fourth-order valence-corrected chi connectivity index (χ4v) is 5.08. The van der Waals surface area contributed by atoms with Crippen molar-refractivity contribution in [3.63, 3.8) is 0 Å². The average molecular weight is 438 g/mol. The van der Waals surface area contributed by atoms with Gasteiger partial charge >= 0.3 is 10.2 Å². The molecule has 1 aromatic carbocycles. The zero-order valence-corrected chi connectivity index (χ0v) is 19.4. The van der Waals surface area contributed by atoms with E-state index in [1.54, 1.807) is 19.2 Å². The smallest absolute Gasteiger partial charge is 0.301 e. The molecule has 1 saturated carbocycles. The fourth-order valence-electron chi connectivity index (χ4n) is 3.90. The van der Waals surface area contributed by atoms with Gasteiger partial charge in [0, 0.05) is 31.9 Å². The van der Waals surface area contributed by atoms with Crippen molar-refractivity contribution in [3.8, 4) is 0 Å². The Morgan fingerprint density at radius 3 is 2.40 bits per heavy atom. The molecular weight excluding hydrogens is 398 g/mol. The molecule has 170 valence electrons. The minimum Gasteiger partial charge on any atom is -0.378 e. The number of rotatable bonds is 14. The third-order valence-electron chi connectivity index (χ3n) is 5.79. The van der Waals surface area contributed by atoms with Crippen molar-refractivity contribution in [2.45, 2.75) is 63.5 Å². The highest BCUT2D eigenvalue weighted by molar-refractivity contribution is 7.90. The molecule has 0 radical (unpaired) electrons. The van der Waals surface area contributed by atoms with E-state index < -0.39 is 10.2 Å².